The van der Waals surface area contributed by atoms with Crippen LogP contribution in [0.5, 0.6) is 0 Å². The van der Waals surface area contributed by atoms with Gasteiger partial charge in [-0.3, -0.25) is 9.59 Å². The minimum Gasteiger partial charge on any atom is -0.454 e. The lowest BCUT2D eigenvalue weighted by molar-refractivity contribution is -0.151. The Morgan fingerprint density at radius 3 is 2.70 bits per heavy atom. The largest absolute Gasteiger partial charge is 0.454 e. The number of carbonyl (C=O) groups excluding carboxylic acids is 2. The van der Waals surface area contributed by atoms with Crippen LogP contribution in [0.1, 0.15) is 35.7 Å². The summed E-state index contributed by atoms with van der Waals surface area (Å²) in [5.41, 5.74) is 1.93. The molecule has 152 valence electrons. The molecule has 1 fully saturated rings. The topological polar surface area (TPSA) is 99.1 Å². The second kappa shape index (κ2) is 8.37. The number of benzene rings is 1. The highest BCUT2D eigenvalue weighted by Gasteiger charge is 2.30. The summed E-state index contributed by atoms with van der Waals surface area (Å²) in [5.74, 6) is 0.0182. The van der Waals surface area contributed by atoms with E-state index in [2.05, 4.69) is 20.9 Å². The number of nitriles is 1. The molecule has 30 heavy (non-hydrogen) atoms. The fourth-order valence-corrected chi connectivity index (χ4v) is 3.80. The first-order chi connectivity index (χ1) is 14.6. The summed E-state index contributed by atoms with van der Waals surface area (Å²) in [6, 6.07) is 13.2. The van der Waals surface area contributed by atoms with Crippen molar-refractivity contribution in [2.75, 3.05) is 18.0 Å². The molecule has 4 rings (SSSR count). The average Bonchev–Trinajstić information content (AvgIpc) is 3.23. The number of rotatable bonds is 5. The highest BCUT2D eigenvalue weighted by atomic mass is 16.5. The van der Waals surface area contributed by atoms with E-state index >= 15 is 0 Å². The molecule has 0 aliphatic carbocycles. The number of piperidine rings is 1. The van der Waals surface area contributed by atoms with Crippen LogP contribution < -0.4 is 4.90 Å². The number of para-hydroxylation sites is 1. The lowest BCUT2D eigenvalue weighted by Crippen LogP contribution is -2.38. The molecule has 1 N–H and O–H groups in total. The number of anilines is 1. The number of ether oxygens (including phenoxy) is 1. The Morgan fingerprint density at radius 1 is 1.23 bits per heavy atom. The van der Waals surface area contributed by atoms with Gasteiger partial charge in [-0.25, -0.2) is 4.98 Å². The van der Waals surface area contributed by atoms with E-state index < -0.39 is 6.10 Å². The van der Waals surface area contributed by atoms with Crippen molar-refractivity contribution in [1.82, 2.24) is 9.97 Å². The Bertz CT molecular complexity index is 1110. The van der Waals surface area contributed by atoms with Crippen LogP contribution in [0.25, 0.3) is 10.9 Å². The lowest BCUT2D eigenvalue weighted by Gasteiger charge is -2.32. The Kier molecular flexibility index (Phi) is 5.48. The third-order valence-electron chi connectivity index (χ3n) is 5.55. The van der Waals surface area contributed by atoms with Crippen LogP contribution >= 0.6 is 0 Å². The van der Waals surface area contributed by atoms with Gasteiger partial charge in [-0.05, 0) is 38.0 Å². The number of nitrogens with zero attached hydrogens (tertiary/aromatic N) is 3. The lowest BCUT2D eigenvalue weighted by atomic mass is 9.96. The molecule has 0 spiro atoms. The van der Waals surface area contributed by atoms with Crippen LogP contribution in [0.15, 0.2) is 48.8 Å². The maximum atomic E-state index is 12.8. The number of aromatic amines is 1. The number of hydrogen-bond acceptors (Lipinski definition) is 6. The zero-order chi connectivity index (χ0) is 21.1. The summed E-state index contributed by atoms with van der Waals surface area (Å²) < 4.78 is 5.52. The fourth-order valence-electron chi connectivity index (χ4n) is 3.80. The van der Waals surface area contributed by atoms with Crippen molar-refractivity contribution in [3.05, 3.63) is 59.9 Å². The monoisotopic (exact) mass is 402 g/mol. The number of Topliss-reactive ketones (excluding diaryl/α,β-unsaturated/α-hetero) is 1. The van der Waals surface area contributed by atoms with Crippen molar-refractivity contribution in [3.63, 3.8) is 0 Å². The van der Waals surface area contributed by atoms with Gasteiger partial charge in [-0.2, -0.15) is 5.26 Å². The van der Waals surface area contributed by atoms with Crippen molar-refractivity contribution >= 4 is 28.5 Å². The van der Waals surface area contributed by atoms with E-state index in [1.807, 2.05) is 30.3 Å². The summed E-state index contributed by atoms with van der Waals surface area (Å²) in [6.45, 7) is 2.96. The van der Waals surface area contributed by atoms with Gasteiger partial charge in [-0.1, -0.05) is 18.2 Å². The van der Waals surface area contributed by atoms with E-state index in [1.165, 1.54) is 0 Å². The second-order valence-electron chi connectivity index (χ2n) is 7.47. The fraction of sp³-hybridized carbons (Fsp3) is 0.304. The number of carbonyl (C=O) groups is 2. The molecule has 1 aliphatic heterocycles. The number of hydrogen-bond donors (Lipinski definition) is 1. The Morgan fingerprint density at radius 2 is 2.00 bits per heavy atom. The van der Waals surface area contributed by atoms with Crippen molar-refractivity contribution in [2.45, 2.75) is 25.9 Å². The van der Waals surface area contributed by atoms with Crippen molar-refractivity contribution < 1.29 is 14.3 Å². The molecule has 7 nitrogen and oxygen atoms in total. The van der Waals surface area contributed by atoms with Crippen LogP contribution in [0.4, 0.5) is 5.82 Å². The number of esters is 1. The molecule has 0 bridgehead atoms. The molecule has 0 amide bonds. The number of ketones is 1. The molecule has 1 aromatic carbocycles. The predicted octanol–water partition coefficient (Wildman–Crippen LogP) is 3.47. The van der Waals surface area contributed by atoms with Gasteiger partial charge in [0.15, 0.2) is 6.10 Å². The number of pyridine rings is 1. The van der Waals surface area contributed by atoms with E-state index in [0.29, 0.717) is 37.1 Å². The molecule has 0 unspecified atom stereocenters. The number of aromatic nitrogens is 2. The molecule has 3 aromatic rings. The van der Waals surface area contributed by atoms with Gasteiger partial charge in [0, 0.05) is 41.9 Å². The molecular weight excluding hydrogens is 380 g/mol. The maximum Gasteiger partial charge on any atom is 0.309 e. The van der Waals surface area contributed by atoms with Crippen LogP contribution in [0, 0.1) is 17.2 Å². The molecule has 0 radical (unpaired) electrons. The summed E-state index contributed by atoms with van der Waals surface area (Å²) in [5, 5.41) is 9.70. The number of nitrogens with one attached hydrogen (secondary N) is 1. The van der Waals surface area contributed by atoms with Gasteiger partial charge in [0.05, 0.1) is 11.5 Å². The first kappa shape index (κ1) is 19.6. The summed E-state index contributed by atoms with van der Waals surface area (Å²) in [6.07, 6.45) is 3.65. The van der Waals surface area contributed by atoms with E-state index in [-0.39, 0.29) is 17.7 Å². The Labute approximate surface area is 174 Å². The van der Waals surface area contributed by atoms with Crippen LogP contribution in [-0.4, -0.2) is 40.9 Å². The molecule has 0 saturated carbocycles. The van der Waals surface area contributed by atoms with Gasteiger partial charge in [0.25, 0.3) is 0 Å². The minimum absolute atomic E-state index is 0.208. The smallest absolute Gasteiger partial charge is 0.309 e. The minimum atomic E-state index is -0.838. The van der Waals surface area contributed by atoms with Gasteiger partial charge in [0.1, 0.15) is 11.9 Å². The average molecular weight is 402 g/mol. The highest BCUT2D eigenvalue weighted by Crippen LogP contribution is 2.24. The van der Waals surface area contributed by atoms with E-state index in [0.717, 1.165) is 16.7 Å². The zero-order valence-electron chi connectivity index (χ0n) is 16.7. The molecule has 1 saturated heterocycles. The normalized spacial score (nSPS) is 15.5. The van der Waals surface area contributed by atoms with Crippen molar-refractivity contribution in [2.24, 2.45) is 5.92 Å². The van der Waals surface area contributed by atoms with Crippen LogP contribution in [0.3, 0.4) is 0 Å². The van der Waals surface area contributed by atoms with Crippen molar-refractivity contribution in [3.8, 4) is 6.07 Å². The molecular formula is C23H22N4O3. The molecule has 1 atom stereocenters. The molecule has 1 aliphatic rings. The second-order valence-corrected chi connectivity index (χ2v) is 7.47. The van der Waals surface area contributed by atoms with Crippen LogP contribution in [0.2, 0.25) is 0 Å². The predicted molar refractivity (Wildman–Crippen MR) is 112 cm³/mol. The van der Waals surface area contributed by atoms with Gasteiger partial charge in [0.2, 0.25) is 5.78 Å². The zero-order valence-corrected chi connectivity index (χ0v) is 16.7. The first-order valence-corrected chi connectivity index (χ1v) is 9.98. The first-order valence-electron chi connectivity index (χ1n) is 9.98. The molecule has 3 heterocycles. The third kappa shape index (κ3) is 3.90. The summed E-state index contributed by atoms with van der Waals surface area (Å²) >= 11 is 0. The summed E-state index contributed by atoms with van der Waals surface area (Å²) in [4.78, 5) is 34.9. The van der Waals surface area contributed by atoms with Crippen LogP contribution in [-0.2, 0) is 9.53 Å². The quantitative estimate of drug-likeness (QED) is 0.518. The molecule has 2 aromatic heterocycles. The standard InChI is InChI=1S/C23H22N4O3/c1-15(22(28)19-14-25-20-5-3-2-4-18(19)20)30-23(29)17-8-10-27(11-9-17)21-7-6-16(12-24)13-26-21/h2-7,13-15,17,25H,8-11H2,1H3/t15-/m0/s1. The number of H-pyrrole nitrogens is 1. The molecule has 7 heteroatoms. The Hall–Kier alpha value is -3.66. The summed E-state index contributed by atoms with van der Waals surface area (Å²) in [7, 11) is 0. The maximum absolute atomic E-state index is 12.8. The van der Waals surface area contributed by atoms with Gasteiger partial charge >= 0.3 is 5.97 Å². The SMILES string of the molecule is C[C@H](OC(=O)C1CCN(c2ccc(C#N)cn2)CC1)C(=O)c1c[nH]c2ccccc12. The highest BCUT2D eigenvalue weighted by molar-refractivity contribution is 6.10. The van der Waals surface area contributed by atoms with E-state index in [4.69, 9.17) is 10.00 Å². The van der Waals surface area contributed by atoms with Gasteiger partial charge < -0.3 is 14.6 Å². The van der Waals surface area contributed by atoms with Gasteiger partial charge in [-0.15, -0.1) is 0 Å². The Balaban J connectivity index is 1.34. The van der Waals surface area contributed by atoms with E-state index in [9.17, 15) is 9.59 Å². The van der Waals surface area contributed by atoms with E-state index in [1.54, 1.807) is 25.4 Å². The van der Waals surface area contributed by atoms with Crippen molar-refractivity contribution in [1.29, 1.82) is 5.26 Å². The number of fused-ring (bicyclic) bond motifs is 1. The third-order valence-corrected chi connectivity index (χ3v) is 5.55.